The van der Waals surface area contributed by atoms with Crippen LogP contribution in [0.25, 0.3) is 0 Å². The molecular weight excluding hydrogens is 415 g/mol. The van der Waals surface area contributed by atoms with Crippen molar-refractivity contribution in [2.75, 3.05) is 18.0 Å². The minimum Gasteiger partial charge on any atom is -0.371 e. The lowest BCUT2D eigenvalue weighted by molar-refractivity contribution is 0.100. The molecule has 0 spiro atoms. The third-order valence-corrected chi connectivity index (χ3v) is 5.92. The zero-order chi connectivity index (χ0) is 21.8. The summed E-state index contributed by atoms with van der Waals surface area (Å²) in [6, 6.07) is 15.9. The van der Waals surface area contributed by atoms with Crippen LogP contribution in [0.4, 0.5) is 10.1 Å². The number of rotatable bonds is 6. The number of piperidine rings is 1. The van der Waals surface area contributed by atoms with Gasteiger partial charge in [-0.05, 0) is 54.8 Å². The van der Waals surface area contributed by atoms with Gasteiger partial charge in [-0.3, -0.25) is 9.78 Å². The summed E-state index contributed by atoms with van der Waals surface area (Å²) in [5.74, 6) is -0.766. The van der Waals surface area contributed by atoms with E-state index in [1.807, 2.05) is 30.3 Å². The summed E-state index contributed by atoms with van der Waals surface area (Å²) in [6.07, 6.45) is 5.23. The number of hydrogen-bond donors (Lipinski definition) is 2. The van der Waals surface area contributed by atoms with Gasteiger partial charge in [0.1, 0.15) is 5.82 Å². The molecule has 31 heavy (non-hydrogen) atoms. The lowest BCUT2D eigenvalue weighted by atomic mass is 9.96. The van der Waals surface area contributed by atoms with Crippen molar-refractivity contribution in [1.82, 2.24) is 10.3 Å². The normalized spacial score (nSPS) is 15.6. The fourth-order valence-electron chi connectivity index (χ4n) is 4.04. The van der Waals surface area contributed by atoms with Gasteiger partial charge in [-0.1, -0.05) is 29.8 Å². The molecular formula is C24H24ClFN4O. The molecule has 2 heterocycles. The van der Waals surface area contributed by atoms with Crippen molar-refractivity contribution in [3.8, 4) is 0 Å². The van der Waals surface area contributed by atoms with Crippen LogP contribution >= 0.6 is 11.6 Å². The number of nitrogens with one attached hydrogen (secondary N) is 1. The van der Waals surface area contributed by atoms with Crippen molar-refractivity contribution in [3.63, 3.8) is 0 Å². The van der Waals surface area contributed by atoms with E-state index >= 15 is 0 Å². The second kappa shape index (κ2) is 9.45. The van der Waals surface area contributed by atoms with Gasteiger partial charge in [0.05, 0.1) is 6.04 Å². The van der Waals surface area contributed by atoms with Gasteiger partial charge < -0.3 is 16.0 Å². The maximum atomic E-state index is 14.7. The van der Waals surface area contributed by atoms with Gasteiger partial charge >= 0.3 is 0 Å². The third-order valence-electron chi connectivity index (χ3n) is 5.68. The van der Waals surface area contributed by atoms with Gasteiger partial charge in [0, 0.05) is 53.4 Å². The molecule has 1 unspecified atom stereocenters. The summed E-state index contributed by atoms with van der Waals surface area (Å²) in [6.45, 7) is 1.64. The second-order valence-electron chi connectivity index (χ2n) is 7.73. The maximum absolute atomic E-state index is 14.7. The number of halogens is 2. The number of benzene rings is 2. The van der Waals surface area contributed by atoms with Crippen LogP contribution in [0.2, 0.25) is 5.02 Å². The van der Waals surface area contributed by atoms with Crippen molar-refractivity contribution < 1.29 is 9.18 Å². The van der Waals surface area contributed by atoms with Crippen LogP contribution in [0.5, 0.6) is 0 Å². The van der Waals surface area contributed by atoms with E-state index in [0.29, 0.717) is 16.1 Å². The predicted molar refractivity (Wildman–Crippen MR) is 121 cm³/mol. The molecule has 0 bridgehead atoms. The Morgan fingerprint density at radius 2 is 1.97 bits per heavy atom. The highest BCUT2D eigenvalue weighted by molar-refractivity contribution is 6.30. The first-order chi connectivity index (χ1) is 15.0. The fourth-order valence-corrected chi connectivity index (χ4v) is 4.20. The van der Waals surface area contributed by atoms with Crippen LogP contribution in [-0.4, -0.2) is 30.0 Å². The van der Waals surface area contributed by atoms with Crippen LogP contribution < -0.4 is 16.0 Å². The molecule has 7 heteroatoms. The molecule has 1 amide bonds. The third kappa shape index (κ3) is 5.03. The van der Waals surface area contributed by atoms with E-state index in [-0.39, 0.29) is 17.9 Å². The molecule has 0 saturated carbocycles. The van der Waals surface area contributed by atoms with Gasteiger partial charge in [0.15, 0.2) is 0 Å². The van der Waals surface area contributed by atoms with E-state index < -0.39 is 5.91 Å². The van der Waals surface area contributed by atoms with Gasteiger partial charge in [-0.25, -0.2) is 4.39 Å². The predicted octanol–water partition coefficient (Wildman–Crippen LogP) is 4.32. The molecule has 4 rings (SSSR count). The monoisotopic (exact) mass is 438 g/mol. The van der Waals surface area contributed by atoms with E-state index in [9.17, 15) is 9.18 Å². The minimum absolute atomic E-state index is 0.204. The Labute approximate surface area is 186 Å². The molecule has 5 nitrogen and oxygen atoms in total. The highest BCUT2D eigenvalue weighted by Gasteiger charge is 2.25. The van der Waals surface area contributed by atoms with E-state index in [1.165, 1.54) is 6.07 Å². The standard InChI is InChI=1S/C24H24ClFN4O/c25-18-6-7-21(22(26)14-18)23(17-4-2-10-28-15-17)29-19-8-11-30(12-9-19)20-5-1-3-16(13-20)24(27)31/h1-7,10,13-15,19,23,29H,8-9,11-12H2,(H2,27,31). The smallest absolute Gasteiger partial charge is 0.248 e. The van der Waals surface area contributed by atoms with Crippen LogP contribution in [0.1, 0.15) is 40.4 Å². The van der Waals surface area contributed by atoms with Crippen molar-refractivity contribution >= 4 is 23.2 Å². The van der Waals surface area contributed by atoms with E-state index in [1.54, 1.807) is 30.6 Å². The number of nitrogens with two attached hydrogens (primary N) is 1. The number of amides is 1. The molecule has 0 radical (unpaired) electrons. The first kappa shape index (κ1) is 21.3. The molecule has 2 aromatic carbocycles. The maximum Gasteiger partial charge on any atom is 0.248 e. The molecule has 1 aromatic heterocycles. The number of pyridine rings is 1. The highest BCUT2D eigenvalue weighted by Crippen LogP contribution is 2.29. The van der Waals surface area contributed by atoms with E-state index in [2.05, 4.69) is 15.2 Å². The largest absolute Gasteiger partial charge is 0.371 e. The first-order valence-electron chi connectivity index (χ1n) is 10.3. The first-order valence-corrected chi connectivity index (χ1v) is 10.6. The highest BCUT2D eigenvalue weighted by atomic mass is 35.5. The van der Waals surface area contributed by atoms with Crippen LogP contribution in [0, 0.1) is 5.82 Å². The topological polar surface area (TPSA) is 71.2 Å². The van der Waals surface area contributed by atoms with Crippen LogP contribution in [0.15, 0.2) is 67.0 Å². The molecule has 1 fully saturated rings. The summed E-state index contributed by atoms with van der Waals surface area (Å²) in [7, 11) is 0. The molecule has 0 aliphatic carbocycles. The molecule has 3 N–H and O–H groups in total. The van der Waals surface area contributed by atoms with Crippen molar-refractivity contribution in [2.45, 2.75) is 24.9 Å². The molecule has 3 aromatic rings. The second-order valence-corrected chi connectivity index (χ2v) is 8.16. The Hall–Kier alpha value is -2.96. The number of aromatic nitrogens is 1. The van der Waals surface area contributed by atoms with Gasteiger partial charge in [-0.15, -0.1) is 0 Å². The molecule has 1 aliphatic rings. The minimum atomic E-state index is -0.428. The quantitative estimate of drug-likeness (QED) is 0.601. The zero-order valence-electron chi connectivity index (χ0n) is 17.0. The number of hydrogen-bond acceptors (Lipinski definition) is 4. The Morgan fingerprint density at radius 3 is 2.65 bits per heavy atom. The summed E-state index contributed by atoms with van der Waals surface area (Å²) in [5.41, 5.74) is 8.36. The number of primary amides is 1. The lowest BCUT2D eigenvalue weighted by Crippen LogP contribution is -2.44. The van der Waals surface area contributed by atoms with Crippen LogP contribution in [-0.2, 0) is 0 Å². The molecule has 160 valence electrons. The van der Waals surface area contributed by atoms with Crippen molar-refractivity contribution in [2.24, 2.45) is 5.73 Å². The van der Waals surface area contributed by atoms with Crippen molar-refractivity contribution in [3.05, 3.63) is 94.5 Å². The molecule has 1 aliphatic heterocycles. The van der Waals surface area contributed by atoms with Crippen LogP contribution in [0.3, 0.4) is 0 Å². The zero-order valence-corrected chi connectivity index (χ0v) is 17.7. The summed E-state index contributed by atoms with van der Waals surface area (Å²) >= 11 is 5.96. The van der Waals surface area contributed by atoms with Gasteiger partial charge in [0.2, 0.25) is 5.91 Å². The Balaban J connectivity index is 1.49. The molecule has 1 saturated heterocycles. The number of carbonyl (C=O) groups excluding carboxylic acids is 1. The average Bonchev–Trinajstić information content (AvgIpc) is 2.79. The Morgan fingerprint density at radius 1 is 1.16 bits per heavy atom. The van der Waals surface area contributed by atoms with Crippen molar-refractivity contribution in [1.29, 1.82) is 0 Å². The van der Waals surface area contributed by atoms with E-state index in [0.717, 1.165) is 37.2 Å². The number of anilines is 1. The average molecular weight is 439 g/mol. The van der Waals surface area contributed by atoms with E-state index in [4.69, 9.17) is 17.3 Å². The molecule has 1 atom stereocenters. The van der Waals surface area contributed by atoms with Gasteiger partial charge in [0.25, 0.3) is 0 Å². The Kier molecular flexibility index (Phi) is 6.49. The fraction of sp³-hybridized carbons (Fsp3) is 0.250. The summed E-state index contributed by atoms with van der Waals surface area (Å²) in [4.78, 5) is 17.9. The SMILES string of the molecule is NC(=O)c1cccc(N2CCC(NC(c3cccnc3)c3ccc(Cl)cc3F)CC2)c1. The van der Waals surface area contributed by atoms with Gasteiger partial charge in [-0.2, -0.15) is 0 Å². The number of carbonyl (C=O) groups is 1. The number of nitrogens with zero attached hydrogens (tertiary/aromatic N) is 2. The lowest BCUT2D eigenvalue weighted by Gasteiger charge is -2.36. The summed E-state index contributed by atoms with van der Waals surface area (Å²) in [5, 5.41) is 4.00. The Bertz CT molecular complexity index is 1050. The summed E-state index contributed by atoms with van der Waals surface area (Å²) < 4.78 is 14.7.